The summed E-state index contributed by atoms with van der Waals surface area (Å²) in [6, 6.07) is 0. The Morgan fingerprint density at radius 1 is 1.33 bits per heavy atom. The quantitative estimate of drug-likeness (QED) is 0.838. The first kappa shape index (κ1) is 14.5. The Kier molecular flexibility index (Phi) is 4.26. The molecule has 1 saturated heterocycles. The lowest BCUT2D eigenvalue weighted by Gasteiger charge is -2.12. The van der Waals surface area contributed by atoms with E-state index in [1.54, 1.807) is 0 Å². The summed E-state index contributed by atoms with van der Waals surface area (Å²) < 4.78 is 4.91. The second-order valence-corrected chi connectivity index (χ2v) is 6.69. The smallest absolute Gasteiger partial charge is 0.341 e. The number of amides is 1. The van der Waals surface area contributed by atoms with Gasteiger partial charge in [-0.1, -0.05) is 0 Å². The van der Waals surface area contributed by atoms with Gasteiger partial charge in [-0.05, 0) is 44.2 Å². The van der Waals surface area contributed by atoms with Gasteiger partial charge in [-0.2, -0.15) is 0 Å². The van der Waals surface area contributed by atoms with Crippen LogP contribution in [-0.2, 0) is 22.4 Å². The minimum atomic E-state index is -0.339. The van der Waals surface area contributed by atoms with Crippen LogP contribution in [0.15, 0.2) is 0 Å². The van der Waals surface area contributed by atoms with Crippen molar-refractivity contribution in [1.82, 2.24) is 5.32 Å². The Morgan fingerprint density at radius 3 is 2.86 bits per heavy atom. The van der Waals surface area contributed by atoms with Gasteiger partial charge < -0.3 is 15.4 Å². The predicted octanol–water partition coefficient (Wildman–Crippen LogP) is 1.96. The molecule has 1 amide bonds. The van der Waals surface area contributed by atoms with E-state index in [4.69, 9.17) is 4.74 Å². The third-order valence-corrected chi connectivity index (χ3v) is 5.44. The highest BCUT2D eigenvalue weighted by Crippen LogP contribution is 2.38. The largest absolute Gasteiger partial charge is 0.465 e. The molecule has 0 aromatic carbocycles. The topological polar surface area (TPSA) is 67.4 Å². The molecule has 1 atom stereocenters. The molecule has 0 saturated carbocycles. The van der Waals surface area contributed by atoms with Gasteiger partial charge in [0.1, 0.15) is 5.00 Å². The van der Waals surface area contributed by atoms with E-state index in [0.717, 1.165) is 44.2 Å². The number of hydrogen-bond acceptors (Lipinski definition) is 5. The third kappa shape index (κ3) is 2.82. The summed E-state index contributed by atoms with van der Waals surface area (Å²) in [4.78, 5) is 25.6. The Bertz CT molecular complexity index is 562. The molecular formula is C15H20N2O3S. The van der Waals surface area contributed by atoms with Crippen molar-refractivity contribution in [1.29, 1.82) is 0 Å². The minimum absolute atomic E-state index is 0.00347. The van der Waals surface area contributed by atoms with Crippen molar-refractivity contribution < 1.29 is 14.3 Å². The molecule has 6 heteroatoms. The standard InChI is InChI=1S/C15H20N2O3S/c1-20-15(19)12-10-4-2-3-5-11(10)21-14(12)17-13(18)9-6-7-16-8-9/h9,16H,2-8H2,1H3,(H,17,18). The van der Waals surface area contributed by atoms with E-state index >= 15 is 0 Å². The summed E-state index contributed by atoms with van der Waals surface area (Å²) in [7, 11) is 1.39. The van der Waals surface area contributed by atoms with Gasteiger partial charge in [0.2, 0.25) is 5.91 Å². The van der Waals surface area contributed by atoms with Crippen molar-refractivity contribution in [3.8, 4) is 0 Å². The fourth-order valence-corrected chi connectivity index (χ4v) is 4.34. The molecule has 21 heavy (non-hydrogen) atoms. The molecule has 1 fully saturated rings. The fraction of sp³-hybridized carbons (Fsp3) is 0.600. The minimum Gasteiger partial charge on any atom is -0.465 e. The van der Waals surface area contributed by atoms with Crippen molar-refractivity contribution in [2.75, 3.05) is 25.5 Å². The van der Waals surface area contributed by atoms with Gasteiger partial charge in [-0.15, -0.1) is 11.3 Å². The highest BCUT2D eigenvalue weighted by Gasteiger charge is 2.29. The first-order valence-electron chi connectivity index (χ1n) is 7.45. The molecule has 3 rings (SSSR count). The van der Waals surface area contributed by atoms with Gasteiger partial charge in [-0.25, -0.2) is 4.79 Å². The second kappa shape index (κ2) is 6.15. The zero-order valence-corrected chi connectivity index (χ0v) is 13.0. The van der Waals surface area contributed by atoms with Crippen LogP contribution in [0.1, 0.15) is 40.1 Å². The van der Waals surface area contributed by atoms with Crippen molar-refractivity contribution in [3.63, 3.8) is 0 Å². The lowest BCUT2D eigenvalue weighted by atomic mass is 9.95. The van der Waals surface area contributed by atoms with E-state index in [2.05, 4.69) is 10.6 Å². The van der Waals surface area contributed by atoms with Gasteiger partial charge in [-0.3, -0.25) is 4.79 Å². The number of hydrogen-bond donors (Lipinski definition) is 2. The van der Waals surface area contributed by atoms with Gasteiger partial charge in [0, 0.05) is 11.4 Å². The summed E-state index contributed by atoms with van der Waals surface area (Å²) in [6.45, 7) is 1.59. The van der Waals surface area contributed by atoms with Crippen molar-refractivity contribution >= 4 is 28.2 Å². The van der Waals surface area contributed by atoms with Crippen LogP contribution in [0, 0.1) is 5.92 Å². The Balaban J connectivity index is 1.88. The average Bonchev–Trinajstić information content (AvgIpc) is 3.13. The number of thiophene rings is 1. The van der Waals surface area contributed by atoms with Crippen molar-refractivity contribution in [2.45, 2.75) is 32.1 Å². The number of anilines is 1. The number of esters is 1. The Hall–Kier alpha value is -1.40. The molecular weight excluding hydrogens is 288 g/mol. The molecule has 114 valence electrons. The Morgan fingerprint density at radius 2 is 2.14 bits per heavy atom. The molecule has 5 nitrogen and oxygen atoms in total. The number of nitrogens with one attached hydrogen (secondary N) is 2. The van der Waals surface area contributed by atoms with Crippen molar-refractivity contribution in [3.05, 3.63) is 16.0 Å². The number of fused-ring (bicyclic) bond motifs is 1. The fourth-order valence-electron chi connectivity index (χ4n) is 3.06. The lowest BCUT2D eigenvalue weighted by molar-refractivity contribution is -0.119. The summed E-state index contributed by atoms with van der Waals surface area (Å²) in [5.41, 5.74) is 1.66. The van der Waals surface area contributed by atoms with Crippen LogP contribution in [0.3, 0.4) is 0 Å². The first-order valence-corrected chi connectivity index (χ1v) is 8.26. The summed E-state index contributed by atoms with van der Waals surface area (Å²) in [5.74, 6) is -0.340. The monoisotopic (exact) mass is 308 g/mol. The molecule has 0 bridgehead atoms. The van der Waals surface area contributed by atoms with Gasteiger partial charge >= 0.3 is 5.97 Å². The van der Waals surface area contributed by atoms with Crippen LogP contribution < -0.4 is 10.6 Å². The highest BCUT2D eigenvalue weighted by molar-refractivity contribution is 7.17. The number of carbonyl (C=O) groups excluding carboxylic acids is 2. The van der Waals surface area contributed by atoms with Gasteiger partial charge in [0.05, 0.1) is 18.6 Å². The maximum atomic E-state index is 12.3. The van der Waals surface area contributed by atoms with Crippen LogP contribution in [0.25, 0.3) is 0 Å². The molecule has 0 spiro atoms. The van der Waals surface area contributed by atoms with E-state index in [0.29, 0.717) is 17.1 Å². The van der Waals surface area contributed by atoms with Crippen LogP contribution in [0.2, 0.25) is 0 Å². The molecule has 0 radical (unpaired) electrons. The third-order valence-electron chi connectivity index (χ3n) is 4.23. The van der Waals surface area contributed by atoms with Crippen molar-refractivity contribution in [2.24, 2.45) is 5.92 Å². The molecule has 1 aliphatic carbocycles. The number of methoxy groups -OCH3 is 1. The number of rotatable bonds is 3. The summed E-state index contributed by atoms with van der Waals surface area (Å²) in [5, 5.41) is 6.82. The van der Waals surface area contributed by atoms with E-state index in [-0.39, 0.29) is 17.8 Å². The summed E-state index contributed by atoms with van der Waals surface area (Å²) in [6.07, 6.45) is 4.98. The normalized spacial score (nSPS) is 20.9. The maximum Gasteiger partial charge on any atom is 0.341 e. The molecule has 2 N–H and O–H groups in total. The number of ether oxygens (including phenoxy) is 1. The average molecular weight is 308 g/mol. The predicted molar refractivity (Wildman–Crippen MR) is 81.9 cm³/mol. The molecule has 1 unspecified atom stereocenters. The zero-order chi connectivity index (χ0) is 14.8. The van der Waals surface area contributed by atoms with Crippen LogP contribution in [0.5, 0.6) is 0 Å². The molecule has 2 heterocycles. The highest BCUT2D eigenvalue weighted by atomic mass is 32.1. The van der Waals surface area contributed by atoms with E-state index < -0.39 is 0 Å². The van der Waals surface area contributed by atoms with Gasteiger partial charge in [0.25, 0.3) is 0 Å². The van der Waals surface area contributed by atoms with Gasteiger partial charge in [0.15, 0.2) is 0 Å². The summed E-state index contributed by atoms with van der Waals surface area (Å²) >= 11 is 1.54. The number of aryl methyl sites for hydroxylation is 1. The molecule has 2 aliphatic rings. The second-order valence-electron chi connectivity index (χ2n) is 5.59. The molecule has 1 aliphatic heterocycles. The molecule has 1 aromatic heterocycles. The Labute approximate surface area is 128 Å². The van der Waals surface area contributed by atoms with E-state index in [9.17, 15) is 9.59 Å². The van der Waals surface area contributed by atoms with Crippen LogP contribution >= 0.6 is 11.3 Å². The van der Waals surface area contributed by atoms with E-state index in [1.807, 2.05) is 0 Å². The molecule has 1 aromatic rings. The van der Waals surface area contributed by atoms with Crippen LogP contribution in [-0.4, -0.2) is 32.1 Å². The van der Waals surface area contributed by atoms with E-state index in [1.165, 1.54) is 23.3 Å². The number of carbonyl (C=O) groups is 2. The lowest BCUT2D eigenvalue weighted by Crippen LogP contribution is -2.25. The SMILES string of the molecule is COC(=O)c1c(NC(=O)C2CCNC2)sc2c1CCCC2. The maximum absolute atomic E-state index is 12.3. The first-order chi connectivity index (χ1) is 10.2. The van der Waals surface area contributed by atoms with Crippen LogP contribution in [0.4, 0.5) is 5.00 Å². The zero-order valence-electron chi connectivity index (χ0n) is 12.2.